The molecule has 24 heteroatoms. The first-order chi connectivity index (χ1) is 20.9. The van der Waals surface area contributed by atoms with Crippen LogP contribution in [0.5, 0.6) is 0 Å². The molecule has 4 aromatic rings. The van der Waals surface area contributed by atoms with Gasteiger partial charge in [-0.05, 0) is 29.7 Å². The van der Waals surface area contributed by atoms with Gasteiger partial charge in [0.05, 0.1) is 25.0 Å². The average Bonchev–Trinajstić information content (AvgIpc) is 3.72. The highest BCUT2D eigenvalue weighted by molar-refractivity contribution is 8.07. The standard InChI is InChI=1S/C20H23FN10O9P2S2/c21-13-16-11(38-20(13)31-17-14(26-29-31)8(22)1-2-24-17)6-36-41(33,43)39-10-3-7(5-35-42(34,44)40-16)37-19(10)30-9-4-12(23)25-18(32)15(9)27-28-30/h1-2,4,7,10-11,13,16,19-20H,3,5-6H2,(H2,22,24)(H,33,43)(H,34,44)(H3,23,25,32)/t7-,10+,11+,13-,16+,19+,20+,41?,42?/m0/s1. The zero-order valence-electron chi connectivity index (χ0n) is 22.0. The molecule has 19 nitrogen and oxygen atoms in total. The van der Waals surface area contributed by atoms with Gasteiger partial charge in [0.15, 0.2) is 35.3 Å². The van der Waals surface area contributed by atoms with E-state index < -0.39 is 68.6 Å². The van der Waals surface area contributed by atoms with Crippen molar-refractivity contribution in [1.82, 2.24) is 40.0 Å². The molecule has 3 aliphatic rings. The minimum absolute atomic E-state index is 0.0209. The molecule has 4 aromatic heterocycles. The second-order valence-corrected chi connectivity index (χ2v) is 15.6. The van der Waals surface area contributed by atoms with Crippen molar-refractivity contribution < 1.29 is 41.7 Å². The number of aromatic nitrogens is 8. The molecule has 7 N–H and O–H groups in total. The van der Waals surface area contributed by atoms with Crippen molar-refractivity contribution in [2.24, 2.45) is 0 Å². The number of nitrogens with zero attached hydrogens (tertiary/aromatic N) is 7. The van der Waals surface area contributed by atoms with Crippen LogP contribution in [0, 0.1) is 0 Å². The molecule has 7 heterocycles. The zero-order chi connectivity index (χ0) is 31.0. The number of nitrogens with one attached hydrogen (secondary N) is 1. The number of H-pyrrole nitrogens is 1. The van der Waals surface area contributed by atoms with E-state index in [9.17, 15) is 14.6 Å². The molecule has 236 valence electrons. The normalized spacial score (nSPS) is 36.6. The van der Waals surface area contributed by atoms with Gasteiger partial charge in [0.1, 0.15) is 29.6 Å². The number of pyridine rings is 2. The SMILES string of the molecule is Nc1cc2c(nnn2[C@@H]2O[C@@H]3COP(O)(=S)O[C@H]4[C@H](F)[C@H](n5nnc6c(N)ccnc65)O[C@@H]4COP(O)(=S)O[C@@H]2C3)c(=O)[nH]1. The minimum Gasteiger partial charge on any atom is -0.397 e. The van der Waals surface area contributed by atoms with Crippen molar-refractivity contribution >= 4 is 70.8 Å². The van der Waals surface area contributed by atoms with Gasteiger partial charge in [-0.15, -0.1) is 10.2 Å². The van der Waals surface area contributed by atoms with Crippen molar-refractivity contribution in [3.63, 3.8) is 0 Å². The van der Waals surface area contributed by atoms with Gasteiger partial charge in [0, 0.05) is 18.7 Å². The first-order valence-corrected chi connectivity index (χ1v) is 18.0. The third kappa shape index (κ3) is 5.44. The van der Waals surface area contributed by atoms with E-state index in [1.54, 1.807) is 0 Å². The van der Waals surface area contributed by atoms with Crippen LogP contribution in [0.25, 0.3) is 22.2 Å². The maximum atomic E-state index is 16.0. The fourth-order valence-corrected chi connectivity index (χ4v) is 8.11. The Kier molecular flexibility index (Phi) is 7.55. The number of rotatable bonds is 2. The highest BCUT2D eigenvalue weighted by atomic mass is 32.5. The smallest absolute Gasteiger partial charge is 0.325 e. The molecule has 7 rings (SSSR count). The number of nitrogen functional groups attached to an aromatic ring is 2. The van der Waals surface area contributed by atoms with Crippen LogP contribution in [0.4, 0.5) is 15.9 Å². The Morgan fingerprint density at radius 3 is 2.55 bits per heavy atom. The maximum absolute atomic E-state index is 16.0. The van der Waals surface area contributed by atoms with Crippen LogP contribution in [0.2, 0.25) is 0 Å². The molecule has 0 aliphatic carbocycles. The third-order valence-corrected chi connectivity index (χ3v) is 10.3. The topological polar surface area (TPSA) is 255 Å². The van der Waals surface area contributed by atoms with Gasteiger partial charge in [0.25, 0.3) is 5.56 Å². The first-order valence-electron chi connectivity index (χ1n) is 12.8. The Morgan fingerprint density at radius 2 is 1.73 bits per heavy atom. The Labute approximate surface area is 255 Å². The lowest BCUT2D eigenvalue weighted by Crippen LogP contribution is -2.34. The molecular weight excluding hydrogens is 669 g/mol. The second-order valence-electron chi connectivity index (χ2n) is 10.1. The van der Waals surface area contributed by atoms with E-state index >= 15 is 4.39 Å². The second kappa shape index (κ2) is 11.0. The van der Waals surface area contributed by atoms with E-state index in [1.807, 2.05) is 0 Å². The predicted octanol–water partition coefficient (Wildman–Crippen LogP) is -0.102. The van der Waals surface area contributed by atoms with E-state index in [0.717, 1.165) is 4.68 Å². The predicted molar refractivity (Wildman–Crippen MR) is 154 cm³/mol. The summed E-state index contributed by atoms with van der Waals surface area (Å²) in [6, 6.07) is 2.93. The van der Waals surface area contributed by atoms with E-state index in [-0.39, 0.29) is 46.7 Å². The molecule has 2 bridgehead atoms. The van der Waals surface area contributed by atoms with E-state index in [2.05, 4.69) is 30.6 Å². The Morgan fingerprint density at radius 1 is 1.00 bits per heavy atom. The molecule has 0 saturated carbocycles. The molecule has 3 aliphatic heterocycles. The van der Waals surface area contributed by atoms with Gasteiger partial charge in [-0.1, -0.05) is 10.4 Å². The minimum atomic E-state index is -4.14. The zero-order valence-corrected chi connectivity index (χ0v) is 25.4. The highest BCUT2D eigenvalue weighted by Crippen LogP contribution is 2.54. The summed E-state index contributed by atoms with van der Waals surface area (Å²) in [4.78, 5) is 40.9. The number of hydrogen-bond acceptors (Lipinski definition) is 16. The van der Waals surface area contributed by atoms with Crippen LogP contribution in [-0.2, 0) is 51.2 Å². The summed E-state index contributed by atoms with van der Waals surface area (Å²) in [5, 5.41) is 15.8. The van der Waals surface area contributed by atoms with Crippen LogP contribution in [0.3, 0.4) is 0 Å². The molecule has 0 amide bonds. The Balaban J connectivity index is 1.19. The lowest BCUT2D eigenvalue weighted by molar-refractivity contribution is -0.0649. The molecule has 9 atom stereocenters. The summed E-state index contributed by atoms with van der Waals surface area (Å²) >= 11 is 10.5. The molecule has 0 radical (unpaired) electrons. The molecular formula is C20H23FN10O9P2S2. The summed E-state index contributed by atoms with van der Waals surface area (Å²) in [7, 11) is 0. The van der Waals surface area contributed by atoms with Gasteiger partial charge in [0.2, 0.25) is 0 Å². The monoisotopic (exact) mass is 692 g/mol. The Hall–Kier alpha value is -2.59. The molecule has 3 fully saturated rings. The summed E-state index contributed by atoms with van der Waals surface area (Å²) in [6.45, 7) is -9.10. The summed E-state index contributed by atoms with van der Waals surface area (Å²) in [6.07, 6.45) is -7.78. The van der Waals surface area contributed by atoms with Crippen molar-refractivity contribution in [1.29, 1.82) is 0 Å². The maximum Gasteiger partial charge on any atom is 0.325 e. The lowest BCUT2D eigenvalue weighted by atomic mass is 10.1. The number of alkyl halides is 1. The lowest BCUT2D eigenvalue weighted by Gasteiger charge is -2.27. The number of fused-ring (bicyclic) bond motifs is 5. The van der Waals surface area contributed by atoms with Gasteiger partial charge < -0.3 is 49.3 Å². The van der Waals surface area contributed by atoms with Gasteiger partial charge in [-0.2, -0.15) is 4.68 Å². The van der Waals surface area contributed by atoms with Crippen LogP contribution in [0.1, 0.15) is 18.9 Å². The quantitative estimate of drug-likeness (QED) is 0.172. The fourth-order valence-electron chi connectivity index (χ4n) is 5.21. The molecule has 0 aromatic carbocycles. The van der Waals surface area contributed by atoms with Gasteiger partial charge in [-0.3, -0.25) is 9.32 Å². The number of nitrogens with two attached hydrogens (primary N) is 2. The Bertz CT molecular complexity index is 1910. The number of anilines is 2. The number of ether oxygens (including phenoxy) is 2. The first kappa shape index (κ1) is 30.1. The third-order valence-electron chi connectivity index (χ3n) is 7.13. The number of hydrogen-bond donors (Lipinski definition) is 5. The summed E-state index contributed by atoms with van der Waals surface area (Å²) < 4.78 is 52.8. The molecule has 2 unspecified atom stereocenters. The van der Waals surface area contributed by atoms with Crippen LogP contribution >= 0.6 is 13.4 Å². The number of halogens is 1. The fraction of sp³-hybridized carbons (Fsp3) is 0.500. The van der Waals surface area contributed by atoms with Crippen LogP contribution in [0.15, 0.2) is 23.1 Å². The summed E-state index contributed by atoms with van der Waals surface area (Å²) in [5.74, 6) is 0.0472. The van der Waals surface area contributed by atoms with Gasteiger partial charge >= 0.3 is 13.4 Å². The van der Waals surface area contributed by atoms with E-state index in [0.29, 0.717) is 0 Å². The van der Waals surface area contributed by atoms with Crippen molar-refractivity contribution in [2.75, 3.05) is 24.7 Å². The van der Waals surface area contributed by atoms with Crippen LogP contribution in [-0.4, -0.2) is 93.5 Å². The molecule has 3 saturated heterocycles. The van der Waals surface area contributed by atoms with Crippen molar-refractivity contribution in [3.05, 3.63) is 28.7 Å². The summed E-state index contributed by atoms with van der Waals surface area (Å²) in [5.41, 5.74) is 12.0. The number of aromatic amines is 1. The van der Waals surface area contributed by atoms with Gasteiger partial charge in [-0.25, -0.2) is 14.1 Å². The van der Waals surface area contributed by atoms with Crippen LogP contribution < -0.4 is 17.0 Å². The largest absolute Gasteiger partial charge is 0.397 e. The van der Waals surface area contributed by atoms with Crippen molar-refractivity contribution in [3.8, 4) is 0 Å². The average molecular weight is 693 g/mol. The van der Waals surface area contributed by atoms with Crippen molar-refractivity contribution in [2.45, 2.75) is 49.5 Å². The molecule has 44 heavy (non-hydrogen) atoms. The van der Waals surface area contributed by atoms with E-state index in [1.165, 1.54) is 23.0 Å². The molecule has 0 spiro atoms. The van der Waals surface area contributed by atoms with E-state index in [4.69, 9.17) is 62.6 Å². The highest BCUT2D eigenvalue weighted by Gasteiger charge is 2.52.